The molecule has 0 spiro atoms. The van der Waals surface area contributed by atoms with E-state index in [1.165, 1.54) is 11.3 Å². The summed E-state index contributed by atoms with van der Waals surface area (Å²) in [5, 5.41) is 11.8. The van der Waals surface area contributed by atoms with Crippen LogP contribution in [-0.2, 0) is 23.1 Å². The maximum atomic E-state index is 12.5. The predicted molar refractivity (Wildman–Crippen MR) is 81.4 cm³/mol. The van der Waals surface area contributed by atoms with Crippen LogP contribution >= 0.6 is 11.3 Å². The molecule has 0 bridgehead atoms. The predicted octanol–water partition coefficient (Wildman–Crippen LogP) is 1.15. The third kappa shape index (κ3) is 4.10. The molecular weight excluding hydrogens is 310 g/mol. The summed E-state index contributed by atoms with van der Waals surface area (Å²) in [4.78, 5) is 4.27. The van der Waals surface area contributed by atoms with Crippen LogP contribution in [0.2, 0.25) is 0 Å². The number of nitrogens with one attached hydrogen (secondary N) is 3. The quantitative estimate of drug-likeness (QED) is 0.707. The normalized spacial score (nSPS) is 12.2. The highest BCUT2D eigenvalue weighted by molar-refractivity contribution is 7.89. The average molecular weight is 329 g/mol. The van der Waals surface area contributed by atoms with Crippen LogP contribution in [0.15, 0.2) is 15.8 Å². The Balaban J connectivity index is 2.16. The molecule has 116 valence electrons. The van der Waals surface area contributed by atoms with Crippen molar-refractivity contribution in [2.75, 3.05) is 0 Å². The standard InChI is InChI=1S/C12H19N5O2S2/c1-8(2)13-5-11-12(9(3)16-17-11)21(18,19)15-4-10-6-20-7-14-10/h6-8,13,15H,4-5H2,1-3H3,(H,16,17). The Hall–Kier alpha value is -1.29. The first-order valence-corrected chi connectivity index (χ1v) is 8.96. The zero-order chi connectivity index (χ0) is 15.5. The molecule has 0 aliphatic rings. The van der Waals surface area contributed by atoms with Crippen LogP contribution in [0.5, 0.6) is 0 Å². The van der Waals surface area contributed by atoms with Crippen LogP contribution in [0.1, 0.15) is 30.9 Å². The smallest absolute Gasteiger partial charge is 0.244 e. The third-order valence-corrected chi connectivity index (χ3v) is 5.07. The van der Waals surface area contributed by atoms with Gasteiger partial charge in [-0.2, -0.15) is 5.10 Å². The fourth-order valence-electron chi connectivity index (χ4n) is 1.81. The minimum atomic E-state index is -3.62. The van der Waals surface area contributed by atoms with E-state index >= 15 is 0 Å². The molecule has 0 aliphatic carbocycles. The highest BCUT2D eigenvalue weighted by Crippen LogP contribution is 2.18. The van der Waals surface area contributed by atoms with Crippen molar-refractivity contribution in [2.24, 2.45) is 0 Å². The minimum Gasteiger partial charge on any atom is -0.309 e. The average Bonchev–Trinajstić information content (AvgIpc) is 3.03. The van der Waals surface area contributed by atoms with Gasteiger partial charge >= 0.3 is 0 Å². The number of rotatable bonds is 7. The van der Waals surface area contributed by atoms with Crippen molar-refractivity contribution in [1.29, 1.82) is 0 Å². The van der Waals surface area contributed by atoms with Crippen molar-refractivity contribution in [3.05, 3.63) is 28.0 Å². The lowest BCUT2D eigenvalue weighted by molar-refractivity contribution is 0.563. The molecule has 0 saturated heterocycles. The van der Waals surface area contributed by atoms with E-state index in [1.54, 1.807) is 12.4 Å². The molecule has 2 heterocycles. The number of thiazole rings is 1. The van der Waals surface area contributed by atoms with E-state index in [4.69, 9.17) is 0 Å². The lowest BCUT2D eigenvalue weighted by Gasteiger charge is -2.09. The molecule has 2 rings (SSSR count). The van der Waals surface area contributed by atoms with Crippen molar-refractivity contribution >= 4 is 21.4 Å². The summed E-state index contributed by atoms with van der Waals surface area (Å²) >= 11 is 1.43. The SMILES string of the molecule is Cc1[nH]nc(CNC(C)C)c1S(=O)(=O)NCc1cscn1. The first-order valence-electron chi connectivity index (χ1n) is 6.54. The van der Waals surface area contributed by atoms with E-state index in [0.717, 1.165) is 0 Å². The molecule has 0 saturated carbocycles. The summed E-state index contributed by atoms with van der Waals surface area (Å²) in [6.45, 7) is 6.26. The van der Waals surface area contributed by atoms with Gasteiger partial charge in [0.05, 0.1) is 29.1 Å². The summed E-state index contributed by atoms with van der Waals surface area (Å²) in [5.41, 5.74) is 3.39. The van der Waals surface area contributed by atoms with Gasteiger partial charge in [-0.1, -0.05) is 13.8 Å². The van der Waals surface area contributed by atoms with Gasteiger partial charge in [0.25, 0.3) is 0 Å². The van der Waals surface area contributed by atoms with Gasteiger partial charge in [-0.25, -0.2) is 18.1 Å². The van der Waals surface area contributed by atoms with Crippen LogP contribution < -0.4 is 10.0 Å². The van der Waals surface area contributed by atoms with E-state index in [-0.39, 0.29) is 17.5 Å². The number of hydrogen-bond acceptors (Lipinski definition) is 6. The molecule has 0 amide bonds. The molecule has 7 nitrogen and oxygen atoms in total. The summed E-state index contributed by atoms with van der Waals surface area (Å²) < 4.78 is 27.5. The monoisotopic (exact) mass is 329 g/mol. The first kappa shape index (κ1) is 16.1. The zero-order valence-corrected chi connectivity index (χ0v) is 13.8. The summed E-state index contributed by atoms with van der Waals surface area (Å²) in [5.74, 6) is 0. The van der Waals surface area contributed by atoms with Gasteiger partial charge in [-0.15, -0.1) is 11.3 Å². The summed E-state index contributed by atoms with van der Waals surface area (Å²) in [6, 6.07) is 0.250. The van der Waals surface area contributed by atoms with Gasteiger partial charge in [-0.3, -0.25) is 5.10 Å². The van der Waals surface area contributed by atoms with Crippen LogP contribution in [0, 0.1) is 6.92 Å². The summed E-state index contributed by atoms with van der Waals surface area (Å²) in [7, 11) is -3.62. The van der Waals surface area contributed by atoms with Gasteiger partial charge in [0.2, 0.25) is 10.0 Å². The Morgan fingerprint density at radius 1 is 1.38 bits per heavy atom. The third-order valence-electron chi connectivity index (χ3n) is 2.83. The topological polar surface area (TPSA) is 99.8 Å². The minimum absolute atomic E-state index is 0.174. The Kier molecular flexibility index (Phi) is 5.09. The van der Waals surface area contributed by atoms with E-state index < -0.39 is 10.0 Å². The molecule has 3 N–H and O–H groups in total. The molecule has 2 aromatic heterocycles. The Morgan fingerprint density at radius 3 is 2.76 bits per heavy atom. The van der Waals surface area contributed by atoms with Crippen LogP contribution in [0.25, 0.3) is 0 Å². The molecule has 21 heavy (non-hydrogen) atoms. The van der Waals surface area contributed by atoms with Gasteiger partial charge in [-0.05, 0) is 6.92 Å². The molecule has 0 aromatic carbocycles. The molecule has 0 aliphatic heterocycles. The molecule has 0 atom stereocenters. The van der Waals surface area contributed by atoms with Crippen molar-refractivity contribution in [3.63, 3.8) is 0 Å². The Labute approximate surface area is 128 Å². The van der Waals surface area contributed by atoms with E-state index in [0.29, 0.717) is 23.6 Å². The molecule has 2 aromatic rings. The van der Waals surface area contributed by atoms with Crippen molar-refractivity contribution < 1.29 is 8.42 Å². The van der Waals surface area contributed by atoms with Gasteiger partial charge in [0, 0.05) is 18.0 Å². The first-order chi connectivity index (χ1) is 9.90. The van der Waals surface area contributed by atoms with Gasteiger partial charge in [0.1, 0.15) is 4.90 Å². The molecule has 0 unspecified atom stereocenters. The van der Waals surface area contributed by atoms with Crippen molar-refractivity contribution in [3.8, 4) is 0 Å². The highest BCUT2D eigenvalue weighted by atomic mass is 32.2. The van der Waals surface area contributed by atoms with Gasteiger partial charge < -0.3 is 5.32 Å². The van der Waals surface area contributed by atoms with Crippen LogP contribution in [-0.4, -0.2) is 29.6 Å². The lowest BCUT2D eigenvalue weighted by atomic mass is 10.3. The Bertz CT molecular complexity index is 677. The maximum absolute atomic E-state index is 12.5. The number of hydrogen-bond donors (Lipinski definition) is 3. The second-order valence-electron chi connectivity index (χ2n) is 4.96. The van der Waals surface area contributed by atoms with Gasteiger partial charge in [0.15, 0.2) is 0 Å². The van der Waals surface area contributed by atoms with Crippen molar-refractivity contribution in [2.45, 2.75) is 44.8 Å². The maximum Gasteiger partial charge on any atom is 0.244 e. The molecule has 0 radical (unpaired) electrons. The fraction of sp³-hybridized carbons (Fsp3) is 0.500. The van der Waals surface area contributed by atoms with Crippen molar-refractivity contribution in [1.82, 2.24) is 25.2 Å². The molecule has 0 fully saturated rings. The second-order valence-corrected chi connectivity index (χ2v) is 7.39. The highest BCUT2D eigenvalue weighted by Gasteiger charge is 2.24. The van der Waals surface area contributed by atoms with Crippen LogP contribution in [0.3, 0.4) is 0 Å². The number of aromatic nitrogens is 3. The van der Waals surface area contributed by atoms with Crippen LogP contribution in [0.4, 0.5) is 0 Å². The second kappa shape index (κ2) is 6.65. The number of aryl methyl sites for hydroxylation is 1. The van der Waals surface area contributed by atoms with E-state index in [1.807, 2.05) is 19.2 Å². The Morgan fingerprint density at radius 2 is 2.14 bits per heavy atom. The van der Waals surface area contributed by atoms with E-state index in [2.05, 4.69) is 25.2 Å². The number of H-pyrrole nitrogens is 1. The fourth-order valence-corrected chi connectivity index (χ4v) is 3.73. The largest absolute Gasteiger partial charge is 0.309 e. The zero-order valence-electron chi connectivity index (χ0n) is 12.2. The number of aromatic amines is 1. The van der Waals surface area contributed by atoms with E-state index in [9.17, 15) is 8.42 Å². The molecular formula is C12H19N5O2S2. The number of nitrogens with zero attached hydrogens (tertiary/aromatic N) is 2. The summed E-state index contributed by atoms with van der Waals surface area (Å²) in [6.07, 6.45) is 0. The lowest BCUT2D eigenvalue weighted by Crippen LogP contribution is -2.27. The number of sulfonamides is 1. The molecule has 9 heteroatoms.